The van der Waals surface area contributed by atoms with E-state index in [1.807, 2.05) is 20.8 Å². The van der Waals surface area contributed by atoms with Crippen molar-refractivity contribution in [1.29, 1.82) is 0 Å². The van der Waals surface area contributed by atoms with Crippen LogP contribution in [0, 0.1) is 11.2 Å². The summed E-state index contributed by atoms with van der Waals surface area (Å²) in [6.07, 6.45) is -0.167. The second-order valence-electron chi connectivity index (χ2n) is 8.95. The first-order valence-corrected chi connectivity index (χ1v) is 11.7. The van der Waals surface area contributed by atoms with Crippen molar-refractivity contribution in [3.63, 3.8) is 0 Å². The summed E-state index contributed by atoms with van der Waals surface area (Å²) in [6, 6.07) is 6.40. The first kappa shape index (κ1) is 24.1. The molecular formula is C22H27F2N3O4S. The summed E-state index contributed by atoms with van der Waals surface area (Å²) in [5.41, 5.74) is 0.663. The second-order valence-corrected chi connectivity index (χ2v) is 10.8. The molecule has 1 fully saturated rings. The summed E-state index contributed by atoms with van der Waals surface area (Å²) < 4.78 is 59.6. The topological polar surface area (TPSA) is 88.6 Å². The van der Waals surface area contributed by atoms with Crippen LogP contribution in [0.5, 0.6) is 5.88 Å². The van der Waals surface area contributed by atoms with E-state index in [0.717, 1.165) is 28.6 Å². The van der Waals surface area contributed by atoms with Gasteiger partial charge in [0.1, 0.15) is 18.0 Å². The first-order valence-electron chi connectivity index (χ1n) is 10.2. The maximum absolute atomic E-state index is 14.1. The lowest BCUT2D eigenvalue weighted by Gasteiger charge is -2.23. The molecule has 0 radical (unpaired) electrons. The van der Waals surface area contributed by atoms with Gasteiger partial charge < -0.3 is 10.1 Å². The number of sulfonamides is 1. The van der Waals surface area contributed by atoms with Crippen molar-refractivity contribution in [2.45, 2.75) is 50.8 Å². The highest BCUT2D eigenvalue weighted by Crippen LogP contribution is 2.28. The molecule has 1 aliphatic heterocycles. The number of benzene rings is 1. The van der Waals surface area contributed by atoms with Crippen LogP contribution in [-0.2, 0) is 21.4 Å². The van der Waals surface area contributed by atoms with Gasteiger partial charge in [-0.1, -0.05) is 20.8 Å². The molecule has 1 aromatic carbocycles. The first-order chi connectivity index (χ1) is 15.0. The minimum absolute atomic E-state index is 0.0449. The van der Waals surface area contributed by atoms with E-state index in [2.05, 4.69) is 10.3 Å². The predicted octanol–water partition coefficient (Wildman–Crippen LogP) is 3.06. The van der Waals surface area contributed by atoms with E-state index in [4.69, 9.17) is 4.74 Å². The molecule has 174 valence electrons. The fourth-order valence-electron chi connectivity index (χ4n) is 3.24. The third kappa shape index (κ3) is 6.01. The molecule has 0 saturated carbocycles. The molecule has 2 heterocycles. The predicted molar refractivity (Wildman–Crippen MR) is 115 cm³/mol. The van der Waals surface area contributed by atoms with Crippen molar-refractivity contribution in [2.24, 2.45) is 5.41 Å². The van der Waals surface area contributed by atoms with Gasteiger partial charge in [0.05, 0.1) is 11.5 Å². The zero-order chi connectivity index (χ0) is 23.5. The molecule has 2 atom stereocenters. The Balaban J connectivity index is 1.68. The molecule has 1 saturated heterocycles. The highest BCUT2D eigenvalue weighted by molar-refractivity contribution is 7.89. The van der Waals surface area contributed by atoms with Gasteiger partial charge >= 0.3 is 0 Å². The Morgan fingerprint density at radius 1 is 1.25 bits per heavy atom. The van der Waals surface area contributed by atoms with Crippen molar-refractivity contribution in [1.82, 2.24) is 14.6 Å². The summed E-state index contributed by atoms with van der Waals surface area (Å²) >= 11 is 0. The van der Waals surface area contributed by atoms with E-state index in [1.54, 1.807) is 18.3 Å². The van der Waals surface area contributed by atoms with E-state index < -0.39 is 40.5 Å². The van der Waals surface area contributed by atoms with Gasteiger partial charge in [0, 0.05) is 31.8 Å². The Hall–Kier alpha value is -2.59. The van der Waals surface area contributed by atoms with Crippen molar-refractivity contribution in [2.75, 3.05) is 13.2 Å². The van der Waals surface area contributed by atoms with Crippen molar-refractivity contribution in [3.05, 3.63) is 54.0 Å². The van der Waals surface area contributed by atoms with Crippen molar-refractivity contribution < 1.29 is 26.7 Å². The zero-order valence-corrected chi connectivity index (χ0v) is 19.0. The average molecular weight is 468 g/mol. The van der Waals surface area contributed by atoms with Gasteiger partial charge in [-0.3, -0.25) is 4.79 Å². The van der Waals surface area contributed by atoms with Crippen molar-refractivity contribution >= 4 is 15.9 Å². The molecule has 0 unspecified atom stereocenters. The number of rotatable bonds is 7. The number of amides is 1. The summed E-state index contributed by atoms with van der Waals surface area (Å²) in [6.45, 7) is 6.22. The Bertz CT molecular complexity index is 1060. The smallest absolute Gasteiger partial charge is 0.243 e. The quantitative estimate of drug-likeness (QED) is 0.676. The van der Waals surface area contributed by atoms with Gasteiger partial charge in [0.25, 0.3) is 0 Å². The van der Waals surface area contributed by atoms with Crippen LogP contribution < -0.4 is 10.1 Å². The number of carbonyl (C=O) groups excluding carboxylic acids is 1. The molecule has 1 aliphatic rings. The standard InChI is InChI=1S/C22H27F2N3O4S/c1-22(2,3)14-31-20-10-15(8-9-25-20)12-26-21(28)19-11-17(24)13-27(19)32(29,30)18-6-4-16(23)5-7-18/h4-10,17,19H,11-14H2,1-3H3,(H,26,28)/t17-,19+/m1/s1. The lowest BCUT2D eigenvalue weighted by atomic mass is 9.99. The Morgan fingerprint density at radius 3 is 2.59 bits per heavy atom. The number of ether oxygens (including phenoxy) is 1. The molecule has 1 amide bonds. The molecule has 0 aliphatic carbocycles. The van der Waals surface area contributed by atoms with Crippen LogP contribution in [0.4, 0.5) is 8.78 Å². The van der Waals surface area contributed by atoms with Crippen molar-refractivity contribution in [3.8, 4) is 5.88 Å². The molecule has 2 aromatic rings. The number of aromatic nitrogens is 1. The van der Waals surface area contributed by atoms with Gasteiger partial charge in [0.15, 0.2) is 0 Å². The number of pyridine rings is 1. The van der Waals surface area contributed by atoms with Crippen LogP contribution in [0.3, 0.4) is 0 Å². The monoisotopic (exact) mass is 467 g/mol. The van der Waals surface area contributed by atoms with Gasteiger partial charge in [-0.15, -0.1) is 0 Å². The van der Waals surface area contributed by atoms with E-state index in [9.17, 15) is 22.0 Å². The number of halogens is 2. The molecule has 10 heteroatoms. The SMILES string of the molecule is CC(C)(C)COc1cc(CNC(=O)[C@@H]2C[C@@H](F)CN2S(=O)(=O)c2ccc(F)cc2)ccn1. The highest BCUT2D eigenvalue weighted by atomic mass is 32.2. The number of hydrogen-bond acceptors (Lipinski definition) is 5. The van der Waals surface area contributed by atoms with Gasteiger partial charge in [0.2, 0.25) is 21.8 Å². The van der Waals surface area contributed by atoms with Gasteiger partial charge in [-0.05, 0) is 41.3 Å². The third-order valence-electron chi connectivity index (χ3n) is 4.85. The van der Waals surface area contributed by atoms with Crippen LogP contribution in [-0.4, -0.2) is 49.0 Å². The average Bonchev–Trinajstić information content (AvgIpc) is 3.13. The molecular weight excluding hydrogens is 440 g/mol. The summed E-state index contributed by atoms with van der Waals surface area (Å²) in [5, 5.41) is 2.67. The fraction of sp³-hybridized carbons (Fsp3) is 0.455. The normalized spacial score (nSPS) is 19.7. The molecule has 1 N–H and O–H groups in total. The van der Waals surface area contributed by atoms with E-state index in [0.29, 0.717) is 18.1 Å². The van der Waals surface area contributed by atoms with Crippen LogP contribution >= 0.6 is 0 Å². The summed E-state index contributed by atoms with van der Waals surface area (Å²) in [5.74, 6) is -0.784. The van der Waals surface area contributed by atoms with Crippen LogP contribution in [0.2, 0.25) is 0 Å². The van der Waals surface area contributed by atoms with Crippen LogP contribution in [0.15, 0.2) is 47.5 Å². The molecule has 3 rings (SSSR count). The minimum atomic E-state index is -4.16. The second kappa shape index (κ2) is 9.50. The zero-order valence-electron chi connectivity index (χ0n) is 18.2. The van der Waals surface area contributed by atoms with Gasteiger partial charge in [-0.25, -0.2) is 22.2 Å². The maximum atomic E-state index is 14.1. The summed E-state index contributed by atoms with van der Waals surface area (Å²) in [4.78, 5) is 16.7. The van der Waals surface area contributed by atoms with E-state index in [-0.39, 0.29) is 23.3 Å². The maximum Gasteiger partial charge on any atom is 0.243 e. The lowest BCUT2D eigenvalue weighted by Crippen LogP contribution is -2.45. The largest absolute Gasteiger partial charge is 0.477 e. The number of carbonyl (C=O) groups is 1. The molecule has 0 spiro atoms. The Morgan fingerprint density at radius 2 is 1.94 bits per heavy atom. The lowest BCUT2D eigenvalue weighted by molar-refractivity contribution is -0.124. The number of nitrogens with one attached hydrogen (secondary N) is 1. The minimum Gasteiger partial charge on any atom is -0.477 e. The van der Waals surface area contributed by atoms with Gasteiger partial charge in [-0.2, -0.15) is 4.31 Å². The fourth-order valence-corrected chi connectivity index (χ4v) is 4.86. The van der Waals surface area contributed by atoms with Crippen LogP contribution in [0.25, 0.3) is 0 Å². The van der Waals surface area contributed by atoms with E-state index in [1.165, 1.54) is 0 Å². The van der Waals surface area contributed by atoms with E-state index >= 15 is 0 Å². The molecule has 32 heavy (non-hydrogen) atoms. The Labute approximate surface area is 186 Å². The highest BCUT2D eigenvalue weighted by Gasteiger charge is 2.44. The number of hydrogen-bond donors (Lipinski definition) is 1. The summed E-state index contributed by atoms with van der Waals surface area (Å²) in [7, 11) is -4.16. The van der Waals surface area contributed by atoms with Crippen LogP contribution in [0.1, 0.15) is 32.8 Å². The molecule has 0 bridgehead atoms. The molecule has 1 aromatic heterocycles. The number of alkyl halides is 1. The number of nitrogens with zero attached hydrogens (tertiary/aromatic N) is 2. The molecule has 7 nitrogen and oxygen atoms in total. The Kier molecular flexibility index (Phi) is 7.14. The third-order valence-corrected chi connectivity index (χ3v) is 6.74.